The molecule has 1 nitrogen and oxygen atoms in total. The maximum Gasteiger partial charge on any atom is 0.119 e. The molecular formula is C18H25FO. The van der Waals surface area contributed by atoms with Crippen molar-refractivity contribution < 1.29 is 9.13 Å². The molecule has 0 heterocycles. The molecule has 2 heteroatoms. The molecule has 0 radical (unpaired) electrons. The van der Waals surface area contributed by atoms with Gasteiger partial charge in [-0.05, 0) is 68.1 Å². The molecule has 0 amide bonds. The first-order valence-electron chi connectivity index (χ1n) is 7.81. The summed E-state index contributed by atoms with van der Waals surface area (Å²) in [6, 6.07) is 8.58. The second-order valence-corrected chi connectivity index (χ2v) is 5.73. The van der Waals surface area contributed by atoms with E-state index in [1.54, 1.807) is 6.08 Å². The normalized spacial score (nSPS) is 23.1. The van der Waals surface area contributed by atoms with E-state index in [1.807, 2.05) is 0 Å². The summed E-state index contributed by atoms with van der Waals surface area (Å²) in [6.45, 7) is 2.90. The number of hydrogen-bond donors (Lipinski definition) is 0. The van der Waals surface area contributed by atoms with Gasteiger partial charge in [-0.3, -0.25) is 0 Å². The van der Waals surface area contributed by atoms with Gasteiger partial charge in [0.1, 0.15) is 5.75 Å². The van der Waals surface area contributed by atoms with Crippen LogP contribution in [0.4, 0.5) is 4.39 Å². The molecular weight excluding hydrogens is 251 g/mol. The minimum atomic E-state index is 0.667. The molecule has 0 saturated heterocycles. The molecule has 110 valence electrons. The van der Waals surface area contributed by atoms with E-state index in [4.69, 9.17) is 4.74 Å². The maximum absolute atomic E-state index is 12.0. The number of allylic oxidation sites excluding steroid dienone is 1. The summed E-state index contributed by atoms with van der Waals surface area (Å²) in [5, 5.41) is 0. The van der Waals surface area contributed by atoms with Crippen molar-refractivity contribution in [3.8, 4) is 5.75 Å². The van der Waals surface area contributed by atoms with E-state index in [9.17, 15) is 4.39 Å². The van der Waals surface area contributed by atoms with Gasteiger partial charge in [0.2, 0.25) is 0 Å². The Hall–Kier alpha value is -1.31. The lowest BCUT2D eigenvalue weighted by Crippen LogP contribution is -2.12. The van der Waals surface area contributed by atoms with Crippen molar-refractivity contribution in [2.24, 2.45) is 5.92 Å². The first-order valence-corrected chi connectivity index (χ1v) is 7.81. The van der Waals surface area contributed by atoms with Crippen molar-refractivity contribution in [3.63, 3.8) is 0 Å². The van der Waals surface area contributed by atoms with Crippen LogP contribution >= 0.6 is 0 Å². The van der Waals surface area contributed by atoms with Crippen LogP contribution in [0.15, 0.2) is 36.7 Å². The van der Waals surface area contributed by atoms with Gasteiger partial charge in [0, 0.05) is 0 Å². The predicted molar refractivity (Wildman–Crippen MR) is 81.8 cm³/mol. The number of hydrogen-bond acceptors (Lipinski definition) is 1. The smallest absolute Gasteiger partial charge is 0.119 e. The summed E-state index contributed by atoms with van der Waals surface area (Å²) in [7, 11) is 0. The Morgan fingerprint density at radius 3 is 2.45 bits per heavy atom. The molecule has 2 rings (SSSR count). The molecule has 1 aliphatic carbocycles. The monoisotopic (exact) mass is 276 g/mol. The van der Waals surface area contributed by atoms with Crippen LogP contribution in [0, 0.1) is 5.92 Å². The van der Waals surface area contributed by atoms with Gasteiger partial charge in [0.05, 0.1) is 12.9 Å². The van der Waals surface area contributed by atoms with E-state index in [0.717, 1.165) is 25.2 Å². The zero-order valence-electron chi connectivity index (χ0n) is 12.4. The highest BCUT2D eigenvalue weighted by Crippen LogP contribution is 2.37. The second-order valence-electron chi connectivity index (χ2n) is 5.73. The van der Waals surface area contributed by atoms with Gasteiger partial charge < -0.3 is 4.74 Å². The highest BCUT2D eigenvalue weighted by Gasteiger charge is 2.21. The minimum absolute atomic E-state index is 0.667. The number of ether oxygens (including phenoxy) is 1. The SMILES string of the molecule is CCCOc1ccc(C2CCC(CC=CF)CC2)cc1. The van der Waals surface area contributed by atoms with Crippen molar-refractivity contribution in [2.45, 2.75) is 51.4 Å². The van der Waals surface area contributed by atoms with Crippen LogP contribution in [0.5, 0.6) is 5.75 Å². The molecule has 0 aromatic heterocycles. The first-order chi connectivity index (χ1) is 9.83. The Balaban J connectivity index is 1.84. The van der Waals surface area contributed by atoms with Gasteiger partial charge in [0.15, 0.2) is 0 Å². The number of rotatable bonds is 6. The van der Waals surface area contributed by atoms with Crippen molar-refractivity contribution in [3.05, 3.63) is 42.2 Å². The lowest BCUT2D eigenvalue weighted by Gasteiger charge is -2.28. The van der Waals surface area contributed by atoms with Gasteiger partial charge in [-0.2, -0.15) is 0 Å². The molecule has 0 bridgehead atoms. The lowest BCUT2D eigenvalue weighted by molar-refractivity contribution is 0.315. The molecule has 20 heavy (non-hydrogen) atoms. The molecule has 0 aliphatic heterocycles. The van der Waals surface area contributed by atoms with E-state index in [0.29, 0.717) is 18.2 Å². The van der Waals surface area contributed by atoms with Crippen LogP contribution in [-0.2, 0) is 0 Å². The van der Waals surface area contributed by atoms with E-state index in [2.05, 4.69) is 31.2 Å². The quantitative estimate of drug-likeness (QED) is 0.655. The largest absolute Gasteiger partial charge is 0.494 e. The standard InChI is InChI=1S/C18H25FO/c1-2-14-20-18-11-9-17(10-12-18)16-7-5-15(6-8-16)4-3-13-19/h3,9-13,15-16H,2,4-8,14H2,1H3. The number of halogens is 1. The van der Waals surface area contributed by atoms with Crippen molar-refractivity contribution in [2.75, 3.05) is 6.61 Å². The molecule has 1 aliphatic rings. The molecule has 1 aromatic carbocycles. The third-order valence-electron chi connectivity index (χ3n) is 4.23. The third-order valence-corrected chi connectivity index (χ3v) is 4.23. The molecule has 1 saturated carbocycles. The Bertz CT molecular complexity index is 402. The summed E-state index contributed by atoms with van der Waals surface area (Å²) in [5.74, 6) is 2.31. The summed E-state index contributed by atoms with van der Waals surface area (Å²) in [4.78, 5) is 0. The lowest BCUT2D eigenvalue weighted by atomic mass is 9.77. The Labute approximate surface area is 121 Å². The van der Waals surface area contributed by atoms with Crippen LogP contribution in [0.25, 0.3) is 0 Å². The van der Waals surface area contributed by atoms with E-state index < -0.39 is 0 Å². The zero-order valence-corrected chi connectivity index (χ0v) is 12.4. The van der Waals surface area contributed by atoms with Crippen molar-refractivity contribution in [1.29, 1.82) is 0 Å². The molecule has 1 aromatic rings. The van der Waals surface area contributed by atoms with Gasteiger partial charge in [-0.15, -0.1) is 0 Å². The summed E-state index contributed by atoms with van der Waals surface area (Å²) in [6.07, 6.45) is 9.14. The Morgan fingerprint density at radius 2 is 1.85 bits per heavy atom. The average molecular weight is 276 g/mol. The van der Waals surface area contributed by atoms with E-state index >= 15 is 0 Å². The Morgan fingerprint density at radius 1 is 1.15 bits per heavy atom. The molecule has 0 N–H and O–H groups in total. The second kappa shape index (κ2) is 8.08. The molecule has 1 fully saturated rings. The van der Waals surface area contributed by atoms with Crippen LogP contribution < -0.4 is 4.74 Å². The number of benzene rings is 1. The first kappa shape index (κ1) is 15.1. The minimum Gasteiger partial charge on any atom is -0.494 e. The van der Waals surface area contributed by atoms with Crippen LogP contribution in [-0.4, -0.2) is 6.61 Å². The van der Waals surface area contributed by atoms with E-state index in [1.165, 1.54) is 31.2 Å². The zero-order chi connectivity index (χ0) is 14.2. The highest BCUT2D eigenvalue weighted by molar-refractivity contribution is 5.29. The summed E-state index contributed by atoms with van der Waals surface area (Å²) < 4.78 is 17.6. The predicted octanol–water partition coefficient (Wildman–Crippen LogP) is 5.62. The Kier molecular flexibility index (Phi) is 6.10. The maximum atomic E-state index is 12.0. The van der Waals surface area contributed by atoms with Crippen molar-refractivity contribution in [1.82, 2.24) is 0 Å². The van der Waals surface area contributed by atoms with Crippen LogP contribution in [0.3, 0.4) is 0 Å². The van der Waals surface area contributed by atoms with Gasteiger partial charge >= 0.3 is 0 Å². The third kappa shape index (κ3) is 4.36. The highest BCUT2D eigenvalue weighted by atomic mass is 19.1. The fourth-order valence-electron chi connectivity index (χ4n) is 3.03. The summed E-state index contributed by atoms with van der Waals surface area (Å²) >= 11 is 0. The van der Waals surface area contributed by atoms with E-state index in [-0.39, 0.29) is 0 Å². The topological polar surface area (TPSA) is 9.23 Å². The van der Waals surface area contributed by atoms with Crippen LogP contribution in [0.2, 0.25) is 0 Å². The fraction of sp³-hybridized carbons (Fsp3) is 0.556. The van der Waals surface area contributed by atoms with Gasteiger partial charge in [0.25, 0.3) is 0 Å². The van der Waals surface area contributed by atoms with Gasteiger partial charge in [-0.25, -0.2) is 4.39 Å². The average Bonchev–Trinajstić information content (AvgIpc) is 2.52. The molecule has 0 spiro atoms. The van der Waals surface area contributed by atoms with Crippen LogP contribution in [0.1, 0.15) is 56.9 Å². The summed E-state index contributed by atoms with van der Waals surface area (Å²) in [5.41, 5.74) is 1.42. The van der Waals surface area contributed by atoms with Crippen molar-refractivity contribution >= 4 is 0 Å². The molecule has 0 unspecified atom stereocenters. The molecule has 0 atom stereocenters. The van der Waals surface area contributed by atoms with Gasteiger partial charge in [-0.1, -0.05) is 25.1 Å². The fourth-order valence-corrected chi connectivity index (χ4v) is 3.03.